The van der Waals surface area contributed by atoms with Crippen LogP contribution in [0.4, 0.5) is 13.2 Å². The van der Waals surface area contributed by atoms with Crippen molar-refractivity contribution in [3.63, 3.8) is 0 Å². The van der Waals surface area contributed by atoms with Crippen molar-refractivity contribution in [2.24, 2.45) is 0 Å². The Balaban J connectivity index is 2.68. The predicted octanol–water partition coefficient (Wildman–Crippen LogP) is 0.604. The lowest BCUT2D eigenvalue weighted by atomic mass is 10.0. The summed E-state index contributed by atoms with van der Waals surface area (Å²) in [6, 6.07) is -0.708. The third-order valence-corrected chi connectivity index (χ3v) is 2.62. The summed E-state index contributed by atoms with van der Waals surface area (Å²) >= 11 is 0. The fourth-order valence-corrected chi connectivity index (χ4v) is 1.87. The maximum Gasteiger partial charge on any atom is 0.406 e. The van der Waals surface area contributed by atoms with E-state index >= 15 is 0 Å². The van der Waals surface area contributed by atoms with Crippen molar-refractivity contribution in [3.05, 3.63) is 0 Å². The molecular formula is C10H15F3N2O3. The van der Waals surface area contributed by atoms with Crippen molar-refractivity contribution < 1.29 is 27.9 Å². The topological polar surface area (TPSA) is 69.6 Å². The number of amides is 1. The first-order valence-electron chi connectivity index (χ1n) is 5.60. The molecule has 0 saturated carbocycles. The maximum atomic E-state index is 12.3. The van der Waals surface area contributed by atoms with Crippen LogP contribution < -0.4 is 5.32 Å². The third-order valence-electron chi connectivity index (χ3n) is 2.62. The largest absolute Gasteiger partial charge is 0.480 e. The lowest BCUT2D eigenvalue weighted by Gasteiger charge is -2.29. The number of rotatable bonds is 4. The second-order valence-electron chi connectivity index (χ2n) is 4.21. The number of alkyl halides is 3. The molecule has 1 saturated heterocycles. The highest BCUT2D eigenvalue weighted by atomic mass is 19.4. The molecule has 0 bridgehead atoms. The van der Waals surface area contributed by atoms with Gasteiger partial charge in [-0.1, -0.05) is 6.42 Å². The molecular weight excluding hydrogens is 253 g/mol. The van der Waals surface area contributed by atoms with E-state index in [9.17, 15) is 22.8 Å². The Morgan fingerprint density at radius 1 is 1.33 bits per heavy atom. The molecule has 1 aliphatic rings. The molecule has 0 aromatic rings. The van der Waals surface area contributed by atoms with E-state index in [0.29, 0.717) is 17.9 Å². The number of aliphatic carboxylic acids is 1. The number of carbonyl (C=O) groups is 2. The standard InChI is InChI=1S/C10H15F3N2O3/c11-10(12,13)6-15(5-8(16)17)9(18)7-3-1-2-4-14-7/h7,14H,1-6H2,(H,16,17). The third kappa shape index (κ3) is 4.91. The summed E-state index contributed by atoms with van der Waals surface area (Å²) < 4.78 is 36.8. The van der Waals surface area contributed by atoms with Crippen LogP contribution in [0.5, 0.6) is 0 Å². The van der Waals surface area contributed by atoms with Crippen molar-refractivity contribution >= 4 is 11.9 Å². The summed E-state index contributed by atoms with van der Waals surface area (Å²) in [5, 5.41) is 11.4. The van der Waals surface area contributed by atoms with Gasteiger partial charge in [0.15, 0.2) is 0 Å². The van der Waals surface area contributed by atoms with Gasteiger partial charge in [0.25, 0.3) is 0 Å². The molecule has 8 heteroatoms. The van der Waals surface area contributed by atoms with Gasteiger partial charge in [0.1, 0.15) is 13.1 Å². The first kappa shape index (κ1) is 14.7. The average molecular weight is 268 g/mol. The van der Waals surface area contributed by atoms with Crippen LogP contribution in [0, 0.1) is 0 Å². The number of nitrogens with one attached hydrogen (secondary N) is 1. The quantitative estimate of drug-likeness (QED) is 0.783. The molecule has 0 radical (unpaired) electrons. The SMILES string of the molecule is O=C(O)CN(CC(F)(F)F)C(=O)C1CCCCN1. The highest BCUT2D eigenvalue weighted by Crippen LogP contribution is 2.18. The van der Waals surface area contributed by atoms with Crippen molar-refractivity contribution in [1.29, 1.82) is 0 Å². The summed E-state index contributed by atoms with van der Waals surface area (Å²) in [5.41, 5.74) is 0. The molecule has 104 valence electrons. The second-order valence-corrected chi connectivity index (χ2v) is 4.21. The van der Waals surface area contributed by atoms with Gasteiger partial charge < -0.3 is 15.3 Å². The molecule has 0 aliphatic carbocycles. The molecule has 5 nitrogen and oxygen atoms in total. The van der Waals surface area contributed by atoms with Gasteiger partial charge in [0.2, 0.25) is 5.91 Å². The molecule has 1 amide bonds. The van der Waals surface area contributed by atoms with Gasteiger partial charge in [0.05, 0.1) is 6.04 Å². The molecule has 2 N–H and O–H groups in total. The van der Waals surface area contributed by atoms with E-state index < -0.39 is 37.2 Å². The van der Waals surface area contributed by atoms with Crippen LogP contribution in [0.25, 0.3) is 0 Å². The van der Waals surface area contributed by atoms with Crippen LogP contribution >= 0.6 is 0 Å². The van der Waals surface area contributed by atoms with Gasteiger partial charge in [-0.05, 0) is 19.4 Å². The lowest BCUT2D eigenvalue weighted by Crippen LogP contribution is -2.52. The Morgan fingerprint density at radius 3 is 2.44 bits per heavy atom. The fraction of sp³-hybridized carbons (Fsp3) is 0.800. The molecule has 0 spiro atoms. The number of halogens is 3. The van der Waals surface area contributed by atoms with Crippen LogP contribution in [-0.4, -0.2) is 53.7 Å². The number of nitrogens with zero attached hydrogens (tertiary/aromatic N) is 1. The predicted molar refractivity (Wildman–Crippen MR) is 55.9 cm³/mol. The van der Waals surface area contributed by atoms with Crippen molar-refractivity contribution in [2.45, 2.75) is 31.5 Å². The summed E-state index contributed by atoms with van der Waals surface area (Å²) in [7, 11) is 0. The highest BCUT2D eigenvalue weighted by Gasteiger charge is 2.36. The zero-order valence-corrected chi connectivity index (χ0v) is 9.66. The molecule has 1 atom stereocenters. The van der Waals surface area contributed by atoms with Crippen molar-refractivity contribution in [3.8, 4) is 0 Å². The monoisotopic (exact) mass is 268 g/mol. The lowest BCUT2D eigenvalue weighted by molar-refractivity contribution is -0.167. The molecule has 1 aliphatic heterocycles. The molecule has 0 aromatic heterocycles. The fourth-order valence-electron chi connectivity index (χ4n) is 1.87. The van der Waals surface area contributed by atoms with Gasteiger partial charge in [-0.2, -0.15) is 13.2 Å². The van der Waals surface area contributed by atoms with Gasteiger partial charge in [-0.15, -0.1) is 0 Å². The average Bonchev–Trinajstić information content (AvgIpc) is 2.26. The number of carboxylic acids is 1. The second kappa shape index (κ2) is 6.03. The molecule has 1 unspecified atom stereocenters. The molecule has 1 rings (SSSR count). The highest BCUT2D eigenvalue weighted by molar-refractivity contribution is 5.85. The number of carboxylic acid groups (broad SMARTS) is 1. The van der Waals surface area contributed by atoms with E-state index in [1.54, 1.807) is 0 Å². The van der Waals surface area contributed by atoms with Crippen molar-refractivity contribution in [2.75, 3.05) is 19.6 Å². The van der Waals surface area contributed by atoms with E-state index in [-0.39, 0.29) is 0 Å². The van der Waals surface area contributed by atoms with Gasteiger partial charge in [-0.25, -0.2) is 0 Å². The van der Waals surface area contributed by atoms with Crippen molar-refractivity contribution in [1.82, 2.24) is 10.2 Å². The Kier molecular flexibility index (Phi) is 4.94. The first-order chi connectivity index (χ1) is 8.29. The van der Waals surface area contributed by atoms with E-state index in [0.717, 1.165) is 12.8 Å². The van der Waals surface area contributed by atoms with E-state index in [4.69, 9.17) is 5.11 Å². The number of hydrogen-bond acceptors (Lipinski definition) is 3. The minimum Gasteiger partial charge on any atom is -0.480 e. The van der Waals surface area contributed by atoms with E-state index in [1.807, 2.05) is 0 Å². The van der Waals surface area contributed by atoms with E-state index in [2.05, 4.69) is 5.32 Å². The number of carbonyl (C=O) groups excluding carboxylic acids is 1. The Hall–Kier alpha value is -1.31. The Morgan fingerprint density at radius 2 is 2.00 bits per heavy atom. The van der Waals surface area contributed by atoms with Crippen LogP contribution in [0.1, 0.15) is 19.3 Å². The number of hydrogen-bond donors (Lipinski definition) is 2. The summed E-state index contributed by atoms with van der Waals surface area (Å²) in [5.74, 6) is -2.25. The smallest absolute Gasteiger partial charge is 0.406 e. The molecule has 1 fully saturated rings. The Labute approximate surface area is 102 Å². The van der Waals surface area contributed by atoms with Crippen LogP contribution in [0.2, 0.25) is 0 Å². The maximum absolute atomic E-state index is 12.3. The minimum atomic E-state index is -4.60. The van der Waals surface area contributed by atoms with Crippen LogP contribution in [0.15, 0.2) is 0 Å². The van der Waals surface area contributed by atoms with Gasteiger partial charge in [-0.3, -0.25) is 9.59 Å². The van der Waals surface area contributed by atoms with Crippen LogP contribution in [0.3, 0.4) is 0 Å². The summed E-state index contributed by atoms with van der Waals surface area (Å²) in [4.78, 5) is 22.7. The first-order valence-corrected chi connectivity index (χ1v) is 5.60. The summed E-state index contributed by atoms with van der Waals surface area (Å²) in [6.07, 6.45) is -2.55. The zero-order chi connectivity index (χ0) is 13.8. The van der Waals surface area contributed by atoms with E-state index in [1.165, 1.54) is 0 Å². The normalized spacial score (nSPS) is 20.5. The van der Waals surface area contributed by atoms with Gasteiger partial charge in [0, 0.05) is 0 Å². The molecule has 18 heavy (non-hydrogen) atoms. The Bertz CT molecular complexity index is 314. The minimum absolute atomic E-state index is 0.339. The molecule has 1 heterocycles. The summed E-state index contributed by atoms with van der Waals surface area (Å²) in [6.45, 7) is -1.91. The van der Waals surface area contributed by atoms with Gasteiger partial charge >= 0.3 is 12.1 Å². The molecule has 0 aromatic carbocycles. The number of piperidine rings is 1. The zero-order valence-electron chi connectivity index (χ0n) is 9.66. The van der Waals surface area contributed by atoms with Crippen LogP contribution in [-0.2, 0) is 9.59 Å².